The lowest BCUT2D eigenvalue weighted by atomic mass is 10.2. The molecule has 0 saturated carbocycles. The van der Waals surface area contributed by atoms with Crippen LogP contribution < -0.4 is 11.1 Å². The van der Waals surface area contributed by atoms with Crippen LogP contribution in [0.1, 0.15) is 11.3 Å². The third-order valence-electron chi connectivity index (χ3n) is 2.55. The maximum Gasteiger partial charge on any atom is 0.105 e. The van der Waals surface area contributed by atoms with Gasteiger partial charge in [-0.1, -0.05) is 0 Å². The summed E-state index contributed by atoms with van der Waals surface area (Å²) in [6.07, 6.45) is 2.58. The van der Waals surface area contributed by atoms with E-state index in [0.717, 1.165) is 35.7 Å². The molecular weight excluding hydrogens is 200 g/mol. The zero-order valence-corrected chi connectivity index (χ0v) is 9.36. The first-order valence-corrected chi connectivity index (χ1v) is 5.38. The van der Waals surface area contributed by atoms with E-state index in [0.29, 0.717) is 0 Å². The SMILES string of the molecule is Cc1cc(NCCc2ccco2)ccc1N. The molecule has 0 radical (unpaired) electrons. The summed E-state index contributed by atoms with van der Waals surface area (Å²) in [5.74, 6) is 1.000. The second-order valence-corrected chi connectivity index (χ2v) is 3.83. The second-order valence-electron chi connectivity index (χ2n) is 3.83. The van der Waals surface area contributed by atoms with Gasteiger partial charge in [0.25, 0.3) is 0 Å². The zero-order chi connectivity index (χ0) is 11.4. The van der Waals surface area contributed by atoms with E-state index in [1.165, 1.54) is 0 Å². The molecular formula is C13H16N2O. The minimum Gasteiger partial charge on any atom is -0.469 e. The van der Waals surface area contributed by atoms with Crippen LogP contribution in [0.25, 0.3) is 0 Å². The van der Waals surface area contributed by atoms with Crippen LogP contribution >= 0.6 is 0 Å². The van der Waals surface area contributed by atoms with Gasteiger partial charge in [-0.3, -0.25) is 0 Å². The smallest absolute Gasteiger partial charge is 0.105 e. The van der Waals surface area contributed by atoms with Crippen molar-refractivity contribution in [3.05, 3.63) is 47.9 Å². The lowest BCUT2D eigenvalue weighted by molar-refractivity contribution is 0.513. The molecule has 3 heteroatoms. The standard InChI is InChI=1S/C13H16N2O/c1-10-9-11(4-5-13(10)14)15-7-6-12-3-2-8-16-12/h2-5,8-9,15H,6-7,14H2,1H3. The molecule has 1 aromatic carbocycles. The van der Waals surface area contributed by atoms with Crippen molar-refractivity contribution in [3.63, 3.8) is 0 Å². The van der Waals surface area contributed by atoms with Crippen molar-refractivity contribution < 1.29 is 4.42 Å². The molecule has 2 rings (SSSR count). The van der Waals surface area contributed by atoms with Crippen molar-refractivity contribution in [1.82, 2.24) is 0 Å². The Morgan fingerprint density at radius 2 is 2.19 bits per heavy atom. The number of nitrogen functional groups attached to an aromatic ring is 1. The predicted molar refractivity (Wildman–Crippen MR) is 66.5 cm³/mol. The van der Waals surface area contributed by atoms with E-state index in [9.17, 15) is 0 Å². The first kappa shape index (κ1) is 10.6. The minimum atomic E-state index is 0.830. The zero-order valence-electron chi connectivity index (χ0n) is 9.36. The Morgan fingerprint density at radius 1 is 1.31 bits per heavy atom. The Hall–Kier alpha value is -1.90. The molecule has 0 aliphatic rings. The van der Waals surface area contributed by atoms with Crippen LogP contribution in [0.5, 0.6) is 0 Å². The second kappa shape index (κ2) is 4.75. The molecule has 0 aliphatic heterocycles. The Morgan fingerprint density at radius 3 is 2.88 bits per heavy atom. The number of aryl methyl sites for hydroxylation is 1. The molecule has 0 atom stereocenters. The van der Waals surface area contributed by atoms with Crippen molar-refractivity contribution in [3.8, 4) is 0 Å². The van der Waals surface area contributed by atoms with Crippen molar-refractivity contribution in [1.29, 1.82) is 0 Å². The first-order chi connectivity index (χ1) is 7.75. The summed E-state index contributed by atoms with van der Waals surface area (Å²) in [5, 5.41) is 3.34. The minimum absolute atomic E-state index is 0.830. The van der Waals surface area contributed by atoms with E-state index in [1.807, 2.05) is 31.2 Å². The van der Waals surface area contributed by atoms with Crippen molar-refractivity contribution >= 4 is 11.4 Å². The van der Waals surface area contributed by atoms with E-state index in [4.69, 9.17) is 10.2 Å². The number of rotatable bonds is 4. The van der Waals surface area contributed by atoms with Gasteiger partial charge < -0.3 is 15.5 Å². The molecule has 1 aromatic heterocycles. The topological polar surface area (TPSA) is 51.2 Å². The van der Waals surface area contributed by atoms with Crippen LogP contribution in [0, 0.1) is 6.92 Å². The molecule has 0 unspecified atom stereocenters. The third kappa shape index (κ3) is 2.57. The number of hydrogen-bond donors (Lipinski definition) is 2. The van der Waals surface area contributed by atoms with Crippen molar-refractivity contribution in [2.24, 2.45) is 0 Å². The highest BCUT2D eigenvalue weighted by molar-refractivity contribution is 5.56. The number of hydrogen-bond acceptors (Lipinski definition) is 3. The van der Waals surface area contributed by atoms with Gasteiger partial charge in [0.1, 0.15) is 5.76 Å². The van der Waals surface area contributed by atoms with Crippen molar-refractivity contribution in [2.75, 3.05) is 17.6 Å². The molecule has 3 nitrogen and oxygen atoms in total. The average Bonchev–Trinajstić information content (AvgIpc) is 2.76. The van der Waals surface area contributed by atoms with Gasteiger partial charge in [-0.2, -0.15) is 0 Å². The maximum atomic E-state index is 5.75. The highest BCUT2D eigenvalue weighted by Crippen LogP contribution is 2.16. The average molecular weight is 216 g/mol. The largest absolute Gasteiger partial charge is 0.469 e. The fourth-order valence-corrected chi connectivity index (χ4v) is 1.57. The van der Waals surface area contributed by atoms with Gasteiger partial charge in [-0.15, -0.1) is 0 Å². The molecule has 16 heavy (non-hydrogen) atoms. The van der Waals surface area contributed by atoms with Crippen LogP contribution in [-0.4, -0.2) is 6.54 Å². The van der Waals surface area contributed by atoms with Gasteiger partial charge in [0.2, 0.25) is 0 Å². The molecule has 0 amide bonds. The Kier molecular flexibility index (Phi) is 3.15. The van der Waals surface area contributed by atoms with E-state index >= 15 is 0 Å². The lowest BCUT2D eigenvalue weighted by Gasteiger charge is -2.07. The molecule has 1 heterocycles. The van der Waals surface area contributed by atoms with Gasteiger partial charge >= 0.3 is 0 Å². The van der Waals surface area contributed by atoms with E-state index < -0.39 is 0 Å². The number of benzene rings is 1. The van der Waals surface area contributed by atoms with Crippen molar-refractivity contribution in [2.45, 2.75) is 13.3 Å². The van der Waals surface area contributed by atoms with E-state index in [1.54, 1.807) is 6.26 Å². The Labute approximate surface area is 95.3 Å². The van der Waals surface area contributed by atoms with Crippen LogP contribution in [0.3, 0.4) is 0 Å². The highest BCUT2D eigenvalue weighted by atomic mass is 16.3. The van der Waals surface area contributed by atoms with Gasteiger partial charge in [-0.25, -0.2) is 0 Å². The summed E-state index contributed by atoms with van der Waals surface area (Å²) >= 11 is 0. The van der Waals surface area contributed by atoms with Gasteiger partial charge in [0, 0.05) is 24.3 Å². The lowest BCUT2D eigenvalue weighted by Crippen LogP contribution is -2.04. The van der Waals surface area contributed by atoms with E-state index in [2.05, 4.69) is 11.4 Å². The molecule has 3 N–H and O–H groups in total. The summed E-state index contributed by atoms with van der Waals surface area (Å²) in [6.45, 7) is 2.86. The van der Waals surface area contributed by atoms with Crippen LogP contribution in [0.4, 0.5) is 11.4 Å². The Balaban J connectivity index is 1.87. The number of furan rings is 1. The summed E-state index contributed by atoms with van der Waals surface area (Å²) in [7, 11) is 0. The predicted octanol–water partition coefficient (Wildman–Crippen LogP) is 2.82. The monoisotopic (exact) mass is 216 g/mol. The molecule has 0 aliphatic carbocycles. The Bertz CT molecular complexity index is 449. The summed E-state index contributed by atoms with van der Waals surface area (Å²) < 4.78 is 5.25. The van der Waals surface area contributed by atoms with Gasteiger partial charge in [0.05, 0.1) is 6.26 Å². The summed E-state index contributed by atoms with van der Waals surface area (Å²) in [6, 6.07) is 9.85. The number of anilines is 2. The van der Waals surface area contributed by atoms with Gasteiger partial charge in [0.15, 0.2) is 0 Å². The van der Waals surface area contributed by atoms with Crippen LogP contribution in [0.2, 0.25) is 0 Å². The highest BCUT2D eigenvalue weighted by Gasteiger charge is 1.98. The van der Waals surface area contributed by atoms with Crippen LogP contribution in [0.15, 0.2) is 41.0 Å². The molecule has 2 aromatic rings. The molecule has 84 valence electrons. The normalized spacial score (nSPS) is 10.3. The molecule has 0 fully saturated rings. The summed E-state index contributed by atoms with van der Waals surface area (Å²) in [5.41, 5.74) is 8.78. The molecule has 0 bridgehead atoms. The maximum absolute atomic E-state index is 5.75. The quantitative estimate of drug-likeness (QED) is 0.773. The molecule has 0 spiro atoms. The number of nitrogens with two attached hydrogens (primary N) is 1. The van der Waals surface area contributed by atoms with Gasteiger partial charge in [-0.05, 0) is 42.8 Å². The van der Waals surface area contributed by atoms with E-state index in [-0.39, 0.29) is 0 Å². The molecule has 0 saturated heterocycles. The first-order valence-electron chi connectivity index (χ1n) is 5.38. The summed E-state index contributed by atoms with van der Waals surface area (Å²) in [4.78, 5) is 0. The van der Waals surface area contributed by atoms with Crippen LogP contribution in [-0.2, 0) is 6.42 Å². The number of nitrogens with one attached hydrogen (secondary N) is 1. The fraction of sp³-hybridized carbons (Fsp3) is 0.231. The fourth-order valence-electron chi connectivity index (χ4n) is 1.57. The third-order valence-corrected chi connectivity index (χ3v) is 2.55.